The molecule has 6 nitrogen and oxygen atoms in total. The fourth-order valence-corrected chi connectivity index (χ4v) is 3.50. The number of carbonyl (C=O) groups is 1. The topological polar surface area (TPSA) is 90.7 Å². The zero-order valence-corrected chi connectivity index (χ0v) is 14.4. The van der Waals surface area contributed by atoms with Gasteiger partial charge in [0.1, 0.15) is 0 Å². The molecular formula is C19H14N4O2S. The smallest absolute Gasteiger partial charge is 0.274 e. The molecule has 1 amide bonds. The minimum Gasteiger partial charge on any atom is -0.493 e. The van der Waals surface area contributed by atoms with E-state index in [2.05, 4.69) is 20.2 Å². The van der Waals surface area contributed by atoms with E-state index in [1.807, 2.05) is 48.5 Å². The molecule has 4 rings (SSSR count). The molecule has 128 valence electrons. The number of H-pyrrole nitrogens is 1. The summed E-state index contributed by atoms with van der Waals surface area (Å²) in [7, 11) is 0. The van der Waals surface area contributed by atoms with Crippen LogP contribution in [-0.4, -0.2) is 26.7 Å². The normalized spacial score (nSPS) is 11.5. The van der Waals surface area contributed by atoms with Gasteiger partial charge in [0, 0.05) is 21.9 Å². The number of nitrogens with zero attached hydrogens (tertiary/aromatic N) is 3. The van der Waals surface area contributed by atoms with Crippen molar-refractivity contribution in [3.8, 4) is 5.88 Å². The van der Waals surface area contributed by atoms with Gasteiger partial charge < -0.3 is 10.1 Å². The lowest BCUT2D eigenvalue weighted by molar-refractivity contribution is -0.115. The number of nitrogens with one attached hydrogen (secondary N) is 1. The van der Waals surface area contributed by atoms with Crippen LogP contribution in [0, 0.1) is 0 Å². The van der Waals surface area contributed by atoms with Crippen LogP contribution in [0.3, 0.4) is 0 Å². The average molecular weight is 362 g/mol. The first kappa shape index (κ1) is 16.3. The van der Waals surface area contributed by atoms with Crippen molar-refractivity contribution < 1.29 is 9.90 Å². The summed E-state index contributed by atoms with van der Waals surface area (Å²) < 4.78 is 0. The standard InChI is InChI=1S/C19H14N4O2S/c24-16(11-26-15-9-3-5-12-6-4-10-20-17(12)15)22-23-18-13-7-1-2-8-14(13)21-19(18)25/h1-10,21,25H,11H2. The highest BCUT2D eigenvalue weighted by atomic mass is 32.2. The number of aromatic nitrogens is 2. The molecule has 4 aromatic rings. The number of azo groups is 1. The number of aromatic hydroxyl groups is 1. The first-order valence-electron chi connectivity index (χ1n) is 7.93. The predicted molar refractivity (Wildman–Crippen MR) is 102 cm³/mol. The second kappa shape index (κ2) is 6.97. The van der Waals surface area contributed by atoms with Gasteiger partial charge in [-0.3, -0.25) is 9.78 Å². The molecule has 7 heteroatoms. The van der Waals surface area contributed by atoms with Crippen LogP contribution < -0.4 is 0 Å². The van der Waals surface area contributed by atoms with Crippen LogP contribution in [0.15, 0.2) is 75.9 Å². The molecule has 0 radical (unpaired) electrons. The molecule has 26 heavy (non-hydrogen) atoms. The second-order valence-electron chi connectivity index (χ2n) is 5.58. The molecular weight excluding hydrogens is 348 g/mol. The van der Waals surface area contributed by atoms with Gasteiger partial charge in [-0.2, -0.15) is 0 Å². The Morgan fingerprint density at radius 2 is 1.96 bits per heavy atom. The van der Waals surface area contributed by atoms with Gasteiger partial charge in [-0.15, -0.1) is 22.0 Å². The minimum atomic E-state index is -0.382. The SMILES string of the molecule is O=C(CSc1cccc2cccnc12)N=Nc1c(O)[nH]c2ccccc12. The van der Waals surface area contributed by atoms with Gasteiger partial charge in [0.05, 0.1) is 16.8 Å². The number of carbonyl (C=O) groups excluding carboxylic acids is 1. The molecule has 0 aliphatic heterocycles. The Morgan fingerprint density at radius 1 is 1.12 bits per heavy atom. The summed E-state index contributed by atoms with van der Waals surface area (Å²) in [5, 5.41) is 19.3. The zero-order chi connectivity index (χ0) is 17.9. The number of fused-ring (bicyclic) bond motifs is 2. The van der Waals surface area contributed by atoms with Crippen LogP contribution >= 0.6 is 11.8 Å². The van der Waals surface area contributed by atoms with Gasteiger partial charge in [-0.1, -0.05) is 36.4 Å². The van der Waals surface area contributed by atoms with E-state index in [1.54, 1.807) is 12.3 Å². The van der Waals surface area contributed by atoms with Gasteiger partial charge in [0.15, 0.2) is 5.69 Å². The fourth-order valence-electron chi connectivity index (χ4n) is 2.68. The highest BCUT2D eigenvalue weighted by Crippen LogP contribution is 2.35. The van der Waals surface area contributed by atoms with Crippen molar-refractivity contribution in [3.63, 3.8) is 0 Å². The summed E-state index contributed by atoms with van der Waals surface area (Å²) in [6.45, 7) is 0. The first-order valence-corrected chi connectivity index (χ1v) is 8.92. The number of hydrogen-bond acceptors (Lipinski definition) is 5. The van der Waals surface area contributed by atoms with Gasteiger partial charge in [-0.25, -0.2) is 0 Å². The second-order valence-corrected chi connectivity index (χ2v) is 6.60. The van der Waals surface area contributed by atoms with E-state index in [4.69, 9.17) is 0 Å². The van der Waals surface area contributed by atoms with Crippen molar-refractivity contribution in [3.05, 3.63) is 60.8 Å². The highest BCUT2D eigenvalue weighted by Gasteiger charge is 2.11. The van der Waals surface area contributed by atoms with Crippen molar-refractivity contribution in [2.75, 3.05) is 5.75 Å². The van der Waals surface area contributed by atoms with Crippen molar-refractivity contribution in [1.82, 2.24) is 9.97 Å². The van der Waals surface area contributed by atoms with Crippen LogP contribution in [0.5, 0.6) is 5.88 Å². The Balaban J connectivity index is 1.50. The molecule has 0 saturated heterocycles. The van der Waals surface area contributed by atoms with E-state index in [1.165, 1.54) is 11.8 Å². The van der Waals surface area contributed by atoms with E-state index in [-0.39, 0.29) is 23.2 Å². The monoisotopic (exact) mass is 362 g/mol. The summed E-state index contributed by atoms with van der Waals surface area (Å²) in [4.78, 5) is 20.2. The largest absolute Gasteiger partial charge is 0.493 e. The van der Waals surface area contributed by atoms with E-state index >= 15 is 0 Å². The molecule has 0 aliphatic carbocycles. The van der Waals surface area contributed by atoms with E-state index in [0.717, 1.165) is 21.3 Å². The third-order valence-corrected chi connectivity index (χ3v) is 4.90. The molecule has 2 N–H and O–H groups in total. The number of aromatic amines is 1. The molecule has 0 atom stereocenters. The molecule has 0 aliphatic rings. The van der Waals surface area contributed by atoms with Crippen molar-refractivity contribution in [2.24, 2.45) is 10.2 Å². The lowest BCUT2D eigenvalue weighted by atomic mass is 10.2. The number of rotatable bonds is 4. The maximum absolute atomic E-state index is 12.1. The Hall–Kier alpha value is -3.19. The quantitative estimate of drug-likeness (QED) is 0.402. The number of benzene rings is 2. The summed E-state index contributed by atoms with van der Waals surface area (Å²) >= 11 is 1.37. The van der Waals surface area contributed by atoms with Crippen LogP contribution in [-0.2, 0) is 4.79 Å². The third kappa shape index (κ3) is 3.16. The van der Waals surface area contributed by atoms with Gasteiger partial charge in [0.25, 0.3) is 5.91 Å². The lowest BCUT2D eigenvalue weighted by Gasteiger charge is -2.03. The number of pyridine rings is 1. The van der Waals surface area contributed by atoms with E-state index in [9.17, 15) is 9.90 Å². The molecule has 0 bridgehead atoms. The minimum absolute atomic E-state index is 0.103. The molecule has 0 spiro atoms. The Labute approximate surface area is 153 Å². The highest BCUT2D eigenvalue weighted by molar-refractivity contribution is 8.00. The Morgan fingerprint density at radius 3 is 2.88 bits per heavy atom. The molecule has 0 fully saturated rings. The van der Waals surface area contributed by atoms with Crippen molar-refractivity contribution in [2.45, 2.75) is 4.90 Å². The summed E-state index contributed by atoms with van der Waals surface area (Å²) in [6.07, 6.45) is 1.73. The van der Waals surface area contributed by atoms with Crippen molar-refractivity contribution in [1.29, 1.82) is 0 Å². The Kier molecular flexibility index (Phi) is 4.37. The van der Waals surface area contributed by atoms with Crippen LogP contribution in [0.4, 0.5) is 5.69 Å². The summed E-state index contributed by atoms with van der Waals surface area (Å²) in [5.41, 5.74) is 1.87. The van der Waals surface area contributed by atoms with E-state index < -0.39 is 0 Å². The Bertz CT molecular complexity index is 1130. The molecule has 2 aromatic carbocycles. The molecule has 2 heterocycles. The van der Waals surface area contributed by atoms with Crippen LogP contribution in [0.1, 0.15) is 0 Å². The third-order valence-electron chi connectivity index (χ3n) is 3.87. The average Bonchev–Trinajstić information content (AvgIpc) is 2.99. The maximum Gasteiger partial charge on any atom is 0.274 e. The summed E-state index contributed by atoms with van der Waals surface area (Å²) in [6, 6.07) is 17.0. The number of thioether (sulfide) groups is 1. The van der Waals surface area contributed by atoms with E-state index in [0.29, 0.717) is 5.39 Å². The van der Waals surface area contributed by atoms with Gasteiger partial charge in [-0.05, 0) is 18.2 Å². The molecule has 2 aromatic heterocycles. The van der Waals surface area contributed by atoms with Crippen molar-refractivity contribution >= 4 is 45.2 Å². The zero-order valence-electron chi connectivity index (χ0n) is 13.6. The van der Waals surface area contributed by atoms with Gasteiger partial charge in [0.2, 0.25) is 5.88 Å². The van der Waals surface area contributed by atoms with Gasteiger partial charge >= 0.3 is 0 Å². The number of para-hydroxylation sites is 2. The predicted octanol–water partition coefficient (Wildman–Crippen LogP) is 4.82. The van der Waals surface area contributed by atoms with Crippen LogP contribution in [0.25, 0.3) is 21.8 Å². The fraction of sp³-hybridized carbons (Fsp3) is 0.0526. The molecule has 0 unspecified atom stereocenters. The lowest BCUT2D eigenvalue weighted by Crippen LogP contribution is -1.96. The number of hydrogen-bond donors (Lipinski definition) is 2. The van der Waals surface area contributed by atoms with Crippen LogP contribution in [0.2, 0.25) is 0 Å². The maximum atomic E-state index is 12.1. The number of amides is 1. The molecule has 0 saturated carbocycles. The first-order chi connectivity index (χ1) is 12.7. The summed E-state index contributed by atoms with van der Waals surface area (Å²) in [5.74, 6) is -0.344.